The van der Waals surface area contributed by atoms with Gasteiger partial charge in [0.15, 0.2) is 0 Å². The summed E-state index contributed by atoms with van der Waals surface area (Å²) >= 11 is 0. The number of aliphatic hydroxyl groups is 1. The molecule has 124 valence electrons. The number of hydrogen-bond acceptors (Lipinski definition) is 3. The summed E-state index contributed by atoms with van der Waals surface area (Å²) in [6, 6.07) is 4.47. The van der Waals surface area contributed by atoms with E-state index < -0.39 is 12.6 Å². The molecule has 1 aromatic carbocycles. The molecule has 0 radical (unpaired) electrons. The Morgan fingerprint density at radius 2 is 1.41 bits per heavy atom. The van der Waals surface area contributed by atoms with Crippen LogP contribution in [-0.4, -0.2) is 17.7 Å². The van der Waals surface area contributed by atoms with Crippen molar-refractivity contribution in [3.8, 4) is 0 Å². The molecule has 1 atom stereocenters. The van der Waals surface area contributed by atoms with Gasteiger partial charge in [-0.05, 0) is 46.9 Å². The number of aliphatic hydroxyl groups excluding tert-OH is 1. The van der Waals surface area contributed by atoms with Gasteiger partial charge in [-0.15, -0.1) is 0 Å². The first kappa shape index (κ1) is 18.7. The van der Waals surface area contributed by atoms with E-state index >= 15 is 0 Å². The fourth-order valence-electron chi connectivity index (χ4n) is 2.77. The SMILES string of the molecule is CC(C)c1cc(C(C)C)c([C@H](C)OC(=O)CO)c(C(C)C)c1. The van der Waals surface area contributed by atoms with E-state index in [1.165, 1.54) is 16.7 Å². The lowest BCUT2D eigenvalue weighted by atomic mass is 9.82. The maximum atomic E-state index is 11.5. The van der Waals surface area contributed by atoms with Crippen LogP contribution in [0.25, 0.3) is 0 Å². The van der Waals surface area contributed by atoms with Crippen molar-refractivity contribution in [3.05, 3.63) is 34.4 Å². The molecule has 3 heteroatoms. The molecule has 0 bridgehead atoms. The van der Waals surface area contributed by atoms with Crippen LogP contribution in [0, 0.1) is 0 Å². The third kappa shape index (κ3) is 4.33. The summed E-state index contributed by atoms with van der Waals surface area (Å²) in [5, 5.41) is 8.93. The van der Waals surface area contributed by atoms with Gasteiger partial charge in [0.05, 0.1) is 0 Å². The van der Waals surface area contributed by atoms with Gasteiger partial charge in [-0.1, -0.05) is 53.7 Å². The summed E-state index contributed by atoms with van der Waals surface area (Å²) in [7, 11) is 0. The van der Waals surface area contributed by atoms with Crippen LogP contribution in [0.2, 0.25) is 0 Å². The zero-order valence-corrected chi connectivity index (χ0v) is 14.9. The van der Waals surface area contributed by atoms with Crippen LogP contribution in [0.3, 0.4) is 0 Å². The second-order valence-corrected chi connectivity index (χ2v) is 6.87. The molecule has 1 rings (SSSR count). The van der Waals surface area contributed by atoms with Crippen LogP contribution in [0.15, 0.2) is 12.1 Å². The van der Waals surface area contributed by atoms with Crippen LogP contribution in [0.1, 0.15) is 94.6 Å². The highest BCUT2D eigenvalue weighted by molar-refractivity contribution is 5.70. The fraction of sp³-hybridized carbons (Fsp3) is 0.632. The number of rotatable bonds is 6. The topological polar surface area (TPSA) is 46.5 Å². The van der Waals surface area contributed by atoms with Crippen LogP contribution in [0.4, 0.5) is 0 Å². The Balaban J connectivity index is 3.47. The van der Waals surface area contributed by atoms with Crippen LogP contribution >= 0.6 is 0 Å². The van der Waals surface area contributed by atoms with E-state index in [-0.39, 0.29) is 6.10 Å². The predicted octanol–water partition coefficient (Wildman–Crippen LogP) is 4.65. The highest BCUT2D eigenvalue weighted by Gasteiger charge is 2.23. The average molecular weight is 306 g/mol. The Labute approximate surface area is 134 Å². The Morgan fingerprint density at radius 1 is 0.955 bits per heavy atom. The standard InChI is InChI=1S/C19H30O3/c1-11(2)15-8-16(12(3)4)19(17(9-15)13(5)6)14(7)22-18(21)10-20/h8-9,11-14,20H,10H2,1-7H3/t14-/m0/s1. The molecular weight excluding hydrogens is 276 g/mol. The zero-order chi connectivity index (χ0) is 17.0. The van der Waals surface area contributed by atoms with E-state index in [2.05, 4.69) is 53.7 Å². The van der Waals surface area contributed by atoms with E-state index in [9.17, 15) is 4.79 Å². The van der Waals surface area contributed by atoms with Crippen LogP contribution in [0.5, 0.6) is 0 Å². The highest BCUT2D eigenvalue weighted by Crippen LogP contribution is 2.36. The van der Waals surface area contributed by atoms with Gasteiger partial charge in [0, 0.05) is 0 Å². The Bertz CT molecular complexity index is 486. The molecule has 0 aliphatic carbocycles. The number of hydrogen-bond donors (Lipinski definition) is 1. The lowest BCUT2D eigenvalue weighted by molar-refractivity contribution is -0.151. The third-order valence-corrected chi connectivity index (χ3v) is 4.02. The highest BCUT2D eigenvalue weighted by atomic mass is 16.6. The van der Waals surface area contributed by atoms with Gasteiger partial charge in [-0.2, -0.15) is 0 Å². The maximum Gasteiger partial charge on any atom is 0.332 e. The van der Waals surface area contributed by atoms with Gasteiger partial charge >= 0.3 is 5.97 Å². The molecule has 0 unspecified atom stereocenters. The molecule has 0 aromatic heterocycles. The Morgan fingerprint density at radius 3 is 1.73 bits per heavy atom. The largest absolute Gasteiger partial charge is 0.456 e. The minimum Gasteiger partial charge on any atom is -0.456 e. The second kappa shape index (κ2) is 7.77. The summed E-state index contributed by atoms with van der Waals surface area (Å²) in [6.45, 7) is 14.3. The van der Waals surface area contributed by atoms with Crippen molar-refractivity contribution in [1.82, 2.24) is 0 Å². The summed E-state index contributed by atoms with van der Waals surface area (Å²) in [4.78, 5) is 11.5. The first-order chi connectivity index (χ1) is 10.2. The molecule has 22 heavy (non-hydrogen) atoms. The molecule has 0 heterocycles. The molecule has 0 amide bonds. The van der Waals surface area contributed by atoms with Crippen LogP contribution < -0.4 is 0 Å². The molecule has 0 fully saturated rings. The van der Waals surface area contributed by atoms with Gasteiger partial charge in [-0.25, -0.2) is 4.79 Å². The zero-order valence-electron chi connectivity index (χ0n) is 14.9. The van der Waals surface area contributed by atoms with Gasteiger partial charge < -0.3 is 9.84 Å². The van der Waals surface area contributed by atoms with E-state index in [4.69, 9.17) is 9.84 Å². The summed E-state index contributed by atoms with van der Waals surface area (Å²) in [5.41, 5.74) is 4.87. The molecule has 0 saturated heterocycles. The molecule has 0 aliphatic rings. The lowest BCUT2D eigenvalue weighted by Gasteiger charge is -2.26. The number of carbonyl (C=O) groups excluding carboxylic acids is 1. The van der Waals surface area contributed by atoms with Crippen molar-refractivity contribution in [3.63, 3.8) is 0 Å². The maximum absolute atomic E-state index is 11.5. The van der Waals surface area contributed by atoms with Gasteiger partial charge in [0.1, 0.15) is 12.7 Å². The average Bonchev–Trinajstić information content (AvgIpc) is 2.44. The van der Waals surface area contributed by atoms with Crippen LogP contribution in [-0.2, 0) is 9.53 Å². The van der Waals surface area contributed by atoms with Crippen molar-refractivity contribution < 1.29 is 14.6 Å². The Kier molecular flexibility index (Phi) is 6.61. The molecule has 0 saturated carbocycles. The Hall–Kier alpha value is -1.35. The molecule has 1 N–H and O–H groups in total. The summed E-state index contributed by atoms with van der Waals surface area (Å²) in [6.07, 6.45) is -0.351. The van der Waals surface area contributed by atoms with Gasteiger partial charge in [-0.3, -0.25) is 0 Å². The van der Waals surface area contributed by atoms with E-state index in [0.29, 0.717) is 17.8 Å². The van der Waals surface area contributed by atoms with Gasteiger partial charge in [0.25, 0.3) is 0 Å². The first-order valence-electron chi connectivity index (χ1n) is 8.16. The molecule has 1 aromatic rings. The van der Waals surface area contributed by atoms with Crippen molar-refractivity contribution >= 4 is 5.97 Å². The van der Waals surface area contributed by atoms with Crippen molar-refractivity contribution in [2.75, 3.05) is 6.61 Å². The number of carbonyl (C=O) groups is 1. The van der Waals surface area contributed by atoms with Crippen molar-refractivity contribution in [2.24, 2.45) is 0 Å². The lowest BCUT2D eigenvalue weighted by Crippen LogP contribution is -2.16. The summed E-state index contributed by atoms with van der Waals surface area (Å²) < 4.78 is 5.38. The first-order valence-corrected chi connectivity index (χ1v) is 8.16. The molecule has 0 spiro atoms. The van der Waals surface area contributed by atoms with Crippen molar-refractivity contribution in [1.29, 1.82) is 0 Å². The van der Waals surface area contributed by atoms with E-state index in [0.717, 1.165) is 5.56 Å². The third-order valence-electron chi connectivity index (χ3n) is 4.02. The monoisotopic (exact) mass is 306 g/mol. The number of benzene rings is 1. The molecule has 0 aliphatic heterocycles. The van der Waals surface area contributed by atoms with Gasteiger partial charge in [0.2, 0.25) is 0 Å². The van der Waals surface area contributed by atoms with E-state index in [1.807, 2.05) is 6.92 Å². The normalized spacial score (nSPS) is 13.0. The molecular formula is C19H30O3. The second-order valence-electron chi connectivity index (χ2n) is 6.87. The summed E-state index contributed by atoms with van der Waals surface area (Å²) in [5.74, 6) is 0.576. The number of esters is 1. The minimum absolute atomic E-state index is 0.349. The van der Waals surface area contributed by atoms with Crippen molar-refractivity contribution in [2.45, 2.75) is 72.3 Å². The van der Waals surface area contributed by atoms with E-state index in [1.54, 1.807) is 0 Å². The molecule has 3 nitrogen and oxygen atoms in total. The number of ether oxygens (including phenoxy) is 1. The smallest absolute Gasteiger partial charge is 0.332 e. The quantitative estimate of drug-likeness (QED) is 0.778. The fourth-order valence-corrected chi connectivity index (χ4v) is 2.77. The predicted molar refractivity (Wildman–Crippen MR) is 90.3 cm³/mol. The minimum atomic E-state index is -0.581.